The molecule has 0 saturated carbocycles. The zero-order chi connectivity index (χ0) is 28.2. The van der Waals surface area contributed by atoms with Crippen LogP contribution in [0, 0.1) is 27.9 Å². The first-order valence-corrected chi connectivity index (χ1v) is 14.1. The summed E-state index contributed by atoms with van der Waals surface area (Å²) in [6, 6.07) is 14.2. The van der Waals surface area contributed by atoms with Crippen LogP contribution in [0.5, 0.6) is 0 Å². The van der Waals surface area contributed by atoms with Gasteiger partial charge in [0, 0.05) is 41.7 Å². The van der Waals surface area contributed by atoms with Gasteiger partial charge >= 0.3 is 0 Å². The molecule has 0 fully saturated rings. The van der Waals surface area contributed by atoms with Crippen LogP contribution < -0.4 is 4.90 Å². The fourth-order valence-corrected chi connectivity index (χ4v) is 5.96. The zero-order valence-electron chi connectivity index (χ0n) is 23.5. The number of nitrogens with zero attached hydrogens (tertiary/aromatic N) is 4. The summed E-state index contributed by atoms with van der Waals surface area (Å²) in [6.07, 6.45) is 15.5. The van der Waals surface area contributed by atoms with Crippen molar-refractivity contribution in [2.24, 2.45) is 5.92 Å². The fraction of sp³-hybridized carbons (Fsp3) is 0.324. The van der Waals surface area contributed by atoms with E-state index in [-0.39, 0.29) is 22.8 Å². The van der Waals surface area contributed by atoms with Crippen molar-refractivity contribution in [3.63, 3.8) is 0 Å². The largest absolute Gasteiger partial charge is 0.325 e. The molecule has 1 aliphatic heterocycles. The molecule has 0 radical (unpaired) electrons. The third-order valence-corrected chi connectivity index (χ3v) is 7.88. The third-order valence-electron chi connectivity index (χ3n) is 7.88. The molecule has 204 valence electrons. The van der Waals surface area contributed by atoms with E-state index in [9.17, 15) is 10.1 Å². The van der Waals surface area contributed by atoms with E-state index in [2.05, 4.69) is 78.8 Å². The molecule has 6 nitrogen and oxygen atoms in total. The molecule has 0 amide bonds. The van der Waals surface area contributed by atoms with E-state index >= 15 is 0 Å². The lowest BCUT2D eigenvalue weighted by Crippen LogP contribution is -2.27. The first kappa shape index (κ1) is 27.2. The predicted octanol–water partition coefficient (Wildman–Crippen LogP) is 8.05. The van der Waals surface area contributed by atoms with Crippen molar-refractivity contribution in [1.82, 2.24) is 9.78 Å². The summed E-state index contributed by atoms with van der Waals surface area (Å²) in [7, 11) is 0. The molecule has 0 N–H and O–H groups in total. The highest BCUT2D eigenvalue weighted by Gasteiger charge is 2.39. The molecular formula is C34H36N4O2. The fourth-order valence-electron chi connectivity index (χ4n) is 5.96. The highest BCUT2D eigenvalue weighted by atomic mass is 16.6. The Kier molecular flexibility index (Phi) is 8.02. The van der Waals surface area contributed by atoms with Crippen molar-refractivity contribution in [2.75, 3.05) is 4.90 Å². The number of fused-ring (bicyclic) bond motifs is 5. The summed E-state index contributed by atoms with van der Waals surface area (Å²) >= 11 is 0. The van der Waals surface area contributed by atoms with E-state index in [1.54, 1.807) is 6.92 Å². The van der Waals surface area contributed by atoms with Crippen molar-refractivity contribution < 1.29 is 4.92 Å². The maximum Gasteiger partial charge on any atom is 0.211 e. The first-order valence-electron chi connectivity index (χ1n) is 14.1. The number of hydrogen-bond acceptors (Lipinski definition) is 4. The zero-order valence-corrected chi connectivity index (χ0v) is 23.5. The van der Waals surface area contributed by atoms with Crippen LogP contribution in [0.4, 0.5) is 11.4 Å². The molecule has 4 atom stereocenters. The van der Waals surface area contributed by atoms with Gasteiger partial charge in [-0.15, -0.1) is 0 Å². The molecule has 2 heterocycles. The van der Waals surface area contributed by atoms with Gasteiger partial charge in [0.05, 0.1) is 23.1 Å². The van der Waals surface area contributed by atoms with Gasteiger partial charge in [0.1, 0.15) is 6.04 Å². The normalized spacial score (nSPS) is 19.6. The Morgan fingerprint density at radius 1 is 1.27 bits per heavy atom. The number of anilines is 2. The Hall–Kier alpha value is -4.37. The summed E-state index contributed by atoms with van der Waals surface area (Å²) in [6.45, 7) is 10.1. The van der Waals surface area contributed by atoms with Crippen molar-refractivity contribution in [3.8, 4) is 11.8 Å². The van der Waals surface area contributed by atoms with Gasteiger partial charge in [0.25, 0.3) is 0 Å². The Bertz CT molecular complexity index is 1570. The molecule has 40 heavy (non-hydrogen) atoms. The molecule has 4 unspecified atom stereocenters. The highest BCUT2D eigenvalue weighted by Crippen LogP contribution is 2.49. The van der Waals surface area contributed by atoms with Crippen molar-refractivity contribution >= 4 is 28.0 Å². The minimum atomic E-state index is -0.617. The Labute approximate surface area is 236 Å². The molecular weight excluding hydrogens is 496 g/mol. The van der Waals surface area contributed by atoms with E-state index in [1.807, 2.05) is 42.1 Å². The molecule has 6 heteroatoms. The number of hydrogen-bond donors (Lipinski definition) is 0. The summed E-state index contributed by atoms with van der Waals surface area (Å²) in [4.78, 5) is 13.5. The molecule has 0 saturated heterocycles. The van der Waals surface area contributed by atoms with Crippen LogP contribution in [-0.2, 0) is 0 Å². The smallest absolute Gasteiger partial charge is 0.211 e. The minimum Gasteiger partial charge on any atom is -0.325 e. The van der Waals surface area contributed by atoms with Crippen LogP contribution in [0.1, 0.15) is 57.9 Å². The molecule has 2 aromatic carbocycles. The predicted molar refractivity (Wildman–Crippen MR) is 164 cm³/mol. The summed E-state index contributed by atoms with van der Waals surface area (Å²) in [5.74, 6) is 7.08. The van der Waals surface area contributed by atoms with Crippen LogP contribution in [0.15, 0.2) is 91.2 Å². The van der Waals surface area contributed by atoms with E-state index in [0.29, 0.717) is 6.42 Å². The average Bonchev–Trinajstić information content (AvgIpc) is 3.42. The van der Waals surface area contributed by atoms with Gasteiger partial charge < -0.3 is 4.90 Å². The molecule has 5 rings (SSSR count). The molecule has 1 aromatic heterocycles. The number of aromatic nitrogens is 2. The number of para-hydroxylation sites is 1. The maximum atomic E-state index is 11.4. The van der Waals surface area contributed by atoms with E-state index < -0.39 is 6.04 Å². The lowest BCUT2D eigenvalue weighted by molar-refractivity contribution is -0.520. The third kappa shape index (κ3) is 5.12. The Morgan fingerprint density at radius 3 is 2.80 bits per heavy atom. The van der Waals surface area contributed by atoms with Crippen molar-refractivity contribution in [3.05, 3.63) is 107 Å². The van der Waals surface area contributed by atoms with Gasteiger partial charge in [0.2, 0.25) is 6.04 Å². The molecule has 1 aliphatic carbocycles. The summed E-state index contributed by atoms with van der Waals surface area (Å²) < 4.78 is 1.96. The lowest BCUT2D eigenvalue weighted by Gasteiger charge is -2.26. The van der Waals surface area contributed by atoms with Crippen LogP contribution in [-0.4, -0.2) is 26.8 Å². The second kappa shape index (κ2) is 11.8. The van der Waals surface area contributed by atoms with Gasteiger partial charge in [-0.25, -0.2) is 4.68 Å². The molecule has 0 bridgehead atoms. The summed E-state index contributed by atoms with van der Waals surface area (Å²) in [5.41, 5.74) is 6.29. The van der Waals surface area contributed by atoms with Gasteiger partial charge in [-0.3, -0.25) is 10.1 Å². The Balaban J connectivity index is 1.61. The van der Waals surface area contributed by atoms with Gasteiger partial charge in [-0.05, 0) is 60.8 Å². The first-order chi connectivity index (χ1) is 19.4. The van der Waals surface area contributed by atoms with Gasteiger partial charge in [-0.2, -0.15) is 5.10 Å². The number of rotatable bonds is 10. The Morgan fingerprint density at radius 2 is 2.08 bits per heavy atom. The molecule has 2 aliphatic rings. The topological polar surface area (TPSA) is 64.2 Å². The lowest BCUT2D eigenvalue weighted by atomic mass is 9.89. The second-order valence-electron chi connectivity index (χ2n) is 10.6. The maximum absolute atomic E-state index is 11.4. The van der Waals surface area contributed by atoms with Crippen LogP contribution in [0.2, 0.25) is 0 Å². The highest BCUT2D eigenvalue weighted by molar-refractivity contribution is 6.00. The van der Waals surface area contributed by atoms with Gasteiger partial charge in [0.15, 0.2) is 0 Å². The number of benzene rings is 2. The monoisotopic (exact) mass is 532 g/mol. The SMILES string of the molecule is C=C(/C=C(\C=C/C)n1ncc2c3c(ccc21)C1C=CCC#CC1N3c1ccccc1)C(CCC)CC(C)[N+](=O)[O-]. The van der Waals surface area contributed by atoms with Crippen LogP contribution in [0.25, 0.3) is 16.6 Å². The average molecular weight is 533 g/mol. The van der Waals surface area contributed by atoms with Crippen LogP contribution in [0.3, 0.4) is 0 Å². The quantitative estimate of drug-likeness (QED) is 0.0871. The molecule has 0 spiro atoms. The standard InChI is InChI=1S/C34H36N4O2/c1-5-13-26(22-25(4)38(39)40)24(3)21-28(14-6-2)37-33-20-19-30-29-17-11-8-12-18-32(29)36(27-15-9-7-10-16-27)34(30)31(33)23-35-37/h6-7,9-11,14-17,19-21,23,25-26,29,32H,3,5,8,13,22H2,1-2,4H3/b14-6-,28-21+. The number of nitro groups is 1. The van der Waals surface area contributed by atoms with Gasteiger partial charge in [-0.1, -0.05) is 74.3 Å². The minimum absolute atomic E-state index is 0.0221. The summed E-state index contributed by atoms with van der Waals surface area (Å²) in [5, 5.41) is 17.3. The van der Waals surface area contributed by atoms with Crippen molar-refractivity contribution in [2.45, 2.75) is 64.5 Å². The number of allylic oxidation sites excluding steroid dienone is 6. The second-order valence-corrected chi connectivity index (χ2v) is 10.6. The van der Waals surface area contributed by atoms with E-state index in [4.69, 9.17) is 5.10 Å². The van der Waals surface area contributed by atoms with E-state index in [0.717, 1.165) is 52.8 Å². The van der Waals surface area contributed by atoms with Crippen molar-refractivity contribution in [1.29, 1.82) is 0 Å². The van der Waals surface area contributed by atoms with Crippen LogP contribution >= 0.6 is 0 Å². The molecule has 3 aromatic rings. The van der Waals surface area contributed by atoms with E-state index in [1.165, 1.54) is 5.56 Å².